The molecular formula is C15H26N2. The van der Waals surface area contributed by atoms with E-state index in [0.717, 1.165) is 13.1 Å². The van der Waals surface area contributed by atoms with Crippen LogP contribution in [0.1, 0.15) is 27.2 Å². The van der Waals surface area contributed by atoms with Crippen molar-refractivity contribution in [2.45, 2.75) is 33.2 Å². The average molecular weight is 234 g/mol. The third kappa shape index (κ3) is 4.39. The molecule has 1 atom stereocenters. The molecule has 1 aromatic carbocycles. The van der Waals surface area contributed by atoms with Crippen LogP contribution < -0.4 is 4.90 Å². The van der Waals surface area contributed by atoms with Gasteiger partial charge in [-0.2, -0.15) is 0 Å². The molecule has 1 saturated heterocycles. The highest BCUT2D eigenvalue weighted by atomic mass is 15.3. The minimum Gasteiger partial charge on any atom is -0.366 e. The summed E-state index contributed by atoms with van der Waals surface area (Å²) in [6, 6.07) is 11.3. The molecule has 0 amide bonds. The molecule has 0 spiro atoms. The number of rotatable bonds is 1. The Morgan fingerprint density at radius 2 is 1.71 bits per heavy atom. The summed E-state index contributed by atoms with van der Waals surface area (Å²) in [7, 11) is 2.19. The van der Waals surface area contributed by atoms with Gasteiger partial charge in [0.25, 0.3) is 0 Å². The first kappa shape index (κ1) is 14.0. The van der Waals surface area contributed by atoms with Gasteiger partial charge in [-0.15, -0.1) is 0 Å². The summed E-state index contributed by atoms with van der Waals surface area (Å²) in [5.41, 5.74) is 1.35. The Kier molecular flexibility index (Phi) is 6.06. The van der Waals surface area contributed by atoms with E-state index in [1.807, 2.05) is 0 Å². The van der Waals surface area contributed by atoms with Crippen LogP contribution in [-0.4, -0.2) is 37.6 Å². The Labute approximate surface area is 106 Å². The first-order valence-electron chi connectivity index (χ1n) is 6.69. The number of hydrogen-bond donors (Lipinski definition) is 0. The van der Waals surface area contributed by atoms with Crippen molar-refractivity contribution in [3.8, 4) is 0 Å². The molecule has 17 heavy (non-hydrogen) atoms. The summed E-state index contributed by atoms with van der Waals surface area (Å²) in [4.78, 5) is 4.88. The Balaban J connectivity index is 0.000000437. The first-order chi connectivity index (χ1) is 8.19. The zero-order chi connectivity index (χ0) is 12.7. The summed E-state index contributed by atoms with van der Waals surface area (Å²) >= 11 is 0. The molecule has 96 valence electrons. The second-order valence-corrected chi connectivity index (χ2v) is 4.85. The predicted octanol–water partition coefficient (Wildman–Crippen LogP) is 3.24. The average Bonchev–Trinajstić information content (AvgIpc) is 2.31. The Bertz CT molecular complexity index is 297. The molecule has 1 aliphatic rings. The van der Waals surface area contributed by atoms with E-state index in [-0.39, 0.29) is 0 Å². The Hall–Kier alpha value is -1.02. The van der Waals surface area contributed by atoms with Crippen LogP contribution in [-0.2, 0) is 0 Å². The van der Waals surface area contributed by atoms with Crippen molar-refractivity contribution in [3.63, 3.8) is 0 Å². The first-order valence-corrected chi connectivity index (χ1v) is 6.69. The van der Waals surface area contributed by atoms with Gasteiger partial charge < -0.3 is 9.80 Å². The smallest absolute Gasteiger partial charge is 0.0389 e. The van der Waals surface area contributed by atoms with Gasteiger partial charge in [-0.3, -0.25) is 0 Å². The lowest BCUT2D eigenvalue weighted by Crippen LogP contribution is -2.50. The number of likely N-dealkylation sites (N-methyl/N-ethyl adjacent to an activating group) is 1. The molecule has 0 bridgehead atoms. The van der Waals surface area contributed by atoms with E-state index >= 15 is 0 Å². The Morgan fingerprint density at radius 3 is 2.24 bits per heavy atom. The quantitative estimate of drug-likeness (QED) is 0.736. The zero-order valence-electron chi connectivity index (χ0n) is 11.7. The van der Waals surface area contributed by atoms with Crippen LogP contribution in [0.3, 0.4) is 0 Å². The van der Waals surface area contributed by atoms with E-state index in [1.54, 1.807) is 0 Å². The summed E-state index contributed by atoms with van der Waals surface area (Å²) < 4.78 is 0. The molecule has 0 saturated carbocycles. The number of nitrogens with zero attached hydrogens (tertiary/aromatic N) is 2. The van der Waals surface area contributed by atoms with E-state index in [4.69, 9.17) is 0 Å². The molecule has 1 aliphatic heterocycles. The van der Waals surface area contributed by atoms with Gasteiger partial charge in [-0.25, -0.2) is 0 Å². The molecule has 0 N–H and O–H groups in total. The van der Waals surface area contributed by atoms with Crippen molar-refractivity contribution in [1.29, 1.82) is 0 Å². The minimum absolute atomic E-state index is 0.621. The van der Waals surface area contributed by atoms with Crippen molar-refractivity contribution in [1.82, 2.24) is 4.90 Å². The lowest BCUT2D eigenvalue weighted by molar-refractivity contribution is 0.275. The van der Waals surface area contributed by atoms with E-state index < -0.39 is 0 Å². The van der Waals surface area contributed by atoms with Gasteiger partial charge in [0.15, 0.2) is 0 Å². The third-order valence-electron chi connectivity index (χ3n) is 2.92. The van der Waals surface area contributed by atoms with Crippen molar-refractivity contribution in [3.05, 3.63) is 30.3 Å². The highest BCUT2D eigenvalue weighted by Crippen LogP contribution is 2.19. The molecule has 1 unspecified atom stereocenters. The standard InChI is InChI=1S/C12H18N2.C3H8/c1-11-10-13(2)8-9-14(11)12-6-4-3-5-7-12;1-3-2/h3-7,11H,8-10H2,1-2H3;3H2,1-2H3. The number of para-hydroxylation sites is 1. The normalized spacial score (nSPS) is 20.7. The maximum atomic E-state index is 2.49. The maximum Gasteiger partial charge on any atom is 0.0389 e. The van der Waals surface area contributed by atoms with Crippen LogP contribution in [0.25, 0.3) is 0 Å². The van der Waals surface area contributed by atoms with E-state index in [1.165, 1.54) is 18.7 Å². The molecule has 0 aromatic heterocycles. The van der Waals surface area contributed by atoms with Crippen molar-refractivity contribution in [2.24, 2.45) is 0 Å². The third-order valence-corrected chi connectivity index (χ3v) is 2.92. The number of anilines is 1. The largest absolute Gasteiger partial charge is 0.366 e. The van der Waals surface area contributed by atoms with Crippen LogP contribution in [0.5, 0.6) is 0 Å². The molecule has 2 nitrogen and oxygen atoms in total. The lowest BCUT2D eigenvalue weighted by atomic mass is 10.1. The van der Waals surface area contributed by atoms with Crippen LogP contribution >= 0.6 is 0 Å². The van der Waals surface area contributed by atoms with Crippen molar-refractivity contribution >= 4 is 5.69 Å². The summed E-state index contributed by atoms with van der Waals surface area (Å²) in [5, 5.41) is 0. The van der Waals surface area contributed by atoms with Gasteiger partial charge in [0.2, 0.25) is 0 Å². The van der Waals surface area contributed by atoms with Crippen LogP contribution in [0.2, 0.25) is 0 Å². The molecule has 1 aromatic rings. The second-order valence-electron chi connectivity index (χ2n) is 4.85. The van der Waals surface area contributed by atoms with Crippen molar-refractivity contribution < 1.29 is 0 Å². The molecule has 1 heterocycles. The monoisotopic (exact) mass is 234 g/mol. The second kappa shape index (κ2) is 7.33. The van der Waals surface area contributed by atoms with E-state index in [2.05, 4.69) is 68.0 Å². The highest BCUT2D eigenvalue weighted by Gasteiger charge is 2.20. The highest BCUT2D eigenvalue weighted by molar-refractivity contribution is 5.47. The molecule has 0 radical (unpaired) electrons. The van der Waals surface area contributed by atoms with E-state index in [9.17, 15) is 0 Å². The SMILES string of the molecule is CC1CN(C)CCN1c1ccccc1.CCC. The molecular weight excluding hydrogens is 208 g/mol. The fourth-order valence-electron chi connectivity index (χ4n) is 2.14. The fourth-order valence-corrected chi connectivity index (χ4v) is 2.14. The summed E-state index contributed by atoms with van der Waals surface area (Å²) in [6.07, 6.45) is 1.25. The van der Waals surface area contributed by atoms with Crippen LogP contribution in [0.4, 0.5) is 5.69 Å². The van der Waals surface area contributed by atoms with Gasteiger partial charge >= 0.3 is 0 Å². The lowest BCUT2D eigenvalue weighted by Gasteiger charge is -2.39. The molecule has 2 heteroatoms. The predicted molar refractivity (Wildman–Crippen MR) is 76.7 cm³/mol. The van der Waals surface area contributed by atoms with Gasteiger partial charge in [-0.05, 0) is 26.1 Å². The summed E-state index contributed by atoms with van der Waals surface area (Å²) in [5.74, 6) is 0. The van der Waals surface area contributed by atoms with E-state index in [0.29, 0.717) is 6.04 Å². The van der Waals surface area contributed by atoms with Crippen molar-refractivity contribution in [2.75, 3.05) is 31.6 Å². The minimum atomic E-state index is 0.621. The van der Waals surface area contributed by atoms with Crippen LogP contribution in [0.15, 0.2) is 30.3 Å². The zero-order valence-corrected chi connectivity index (χ0v) is 11.7. The van der Waals surface area contributed by atoms with Gasteiger partial charge in [0.1, 0.15) is 0 Å². The maximum absolute atomic E-state index is 2.49. The molecule has 2 rings (SSSR count). The number of hydrogen-bond acceptors (Lipinski definition) is 2. The summed E-state index contributed by atoms with van der Waals surface area (Å²) in [6.45, 7) is 10.0. The van der Waals surface area contributed by atoms with Gasteiger partial charge in [-0.1, -0.05) is 38.5 Å². The van der Waals surface area contributed by atoms with Crippen LogP contribution in [0, 0.1) is 0 Å². The topological polar surface area (TPSA) is 6.48 Å². The number of benzene rings is 1. The molecule has 1 fully saturated rings. The van der Waals surface area contributed by atoms with Gasteiger partial charge in [0.05, 0.1) is 0 Å². The van der Waals surface area contributed by atoms with Gasteiger partial charge in [0, 0.05) is 31.4 Å². The fraction of sp³-hybridized carbons (Fsp3) is 0.600. The number of piperazine rings is 1. The Morgan fingerprint density at radius 1 is 1.12 bits per heavy atom. The molecule has 0 aliphatic carbocycles.